The van der Waals surface area contributed by atoms with Gasteiger partial charge in [0, 0.05) is 23.0 Å². The summed E-state index contributed by atoms with van der Waals surface area (Å²) in [7, 11) is 0. The van der Waals surface area contributed by atoms with Crippen LogP contribution in [0.3, 0.4) is 0 Å². The molecule has 1 N–H and O–H groups in total. The maximum atomic E-state index is 4.74. The lowest BCUT2D eigenvalue weighted by Gasteiger charge is -2.07. The summed E-state index contributed by atoms with van der Waals surface area (Å²) < 4.78 is 1.78. The quantitative estimate of drug-likeness (QED) is 0.530. The minimum Gasteiger partial charge on any atom is -0.340 e. The fourth-order valence-corrected chi connectivity index (χ4v) is 3.01. The van der Waals surface area contributed by atoms with E-state index in [9.17, 15) is 0 Å². The molecule has 8 heteroatoms. The van der Waals surface area contributed by atoms with Crippen LogP contribution < -0.4 is 0 Å². The second-order valence-electron chi connectivity index (χ2n) is 6.02. The molecule has 0 aliphatic heterocycles. The lowest BCUT2D eigenvalue weighted by atomic mass is 10.2. The van der Waals surface area contributed by atoms with E-state index in [0.717, 1.165) is 27.8 Å². The number of imidazole rings is 1. The maximum absolute atomic E-state index is 4.74. The molecule has 5 aromatic rings. The number of rotatable bonds is 2. The number of nitrogens with zero attached hydrogens (tertiary/aromatic N) is 7. The number of H-pyrrole nitrogens is 1. The van der Waals surface area contributed by atoms with Gasteiger partial charge in [-0.05, 0) is 32.0 Å². The minimum absolute atomic E-state index is 0.512. The Morgan fingerprint density at radius 1 is 1.00 bits per heavy atom. The van der Waals surface area contributed by atoms with Crippen LogP contribution in [0.4, 0.5) is 0 Å². The fourth-order valence-electron chi connectivity index (χ4n) is 3.01. The highest BCUT2D eigenvalue weighted by molar-refractivity contribution is 5.86. The second-order valence-corrected chi connectivity index (χ2v) is 6.02. The van der Waals surface area contributed by atoms with Crippen molar-refractivity contribution in [3.8, 4) is 17.3 Å². The molecule has 0 unspecified atom stereocenters. The largest absolute Gasteiger partial charge is 0.340 e. The van der Waals surface area contributed by atoms with Gasteiger partial charge in [0.25, 0.3) is 0 Å². The summed E-state index contributed by atoms with van der Waals surface area (Å²) in [5, 5.41) is 5.51. The van der Waals surface area contributed by atoms with Crippen molar-refractivity contribution in [2.45, 2.75) is 13.8 Å². The summed E-state index contributed by atoms with van der Waals surface area (Å²) in [4.78, 5) is 25.6. The van der Waals surface area contributed by atoms with E-state index in [4.69, 9.17) is 4.98 Å². The van der Waals surface area contributed by atoms with Crippen LogP contribution in [0.15, 0.2) is 43.0 Å². The van der Waals surface area contributed by atoms with Crippen LogP contribution in [0.25, 0.3) is 39.4 Å². The van der Waals surface area contributed by atoms with Gasteiger partial charge in [0.05, 0.1) is 18.0 Å². The van der Waals surface area contributed by atoms with Crippen molar-refractivity contribution in [2.24, 2.45) is 0 Å². The summed E-state index contributed by atoms with van der Waals surface area (Å²) in [6.45, 7) is 3.90. The van der Waals surface area contributed by atoms with Gasteiger partial charge >= 0.3 is 0 Å². The third-order valence-corrected chi connectivity index (χ3v) is 4.28. The molecule has 0 radical (unpaired) electrons. The van der Waals surface area contributed by atoms with E-state index in [1.165, 1.54) is 0 Å². The number of nitrogens with one attached hydrogen (secondary N) is 1. The normalized spacial score (nSPS) is 11.5. The second kappa shape index (κ2) is 5.41. The number of hydrogen-bond acceptors (Lipinski definition) is 6. The molecule has 8 nitrogen and oxygen atoms in total. The number of pyridine rings is 2. The lowest BCUT2D eigenvalue weighted by molar-refractivity contribution is 0.876. The van der Waals surface area contributed by atoms with Gasteiger partial charge in [-0.3, -0.25) is 4.98 Å². The first-order chi connectivity index (χ1) is 12.7. The molecule has 5 rings (SSSR count). The van der Waals surface area contributed by atoms with Crippen molar-refractivity contribution in [1.29, 1.82) is 0 Å². The first kappa shape index (κ1) is 14.6. The molecular weight excluding hydrogens is 328 g/mol. The summed E-state index contributed by atoms with van der Waals surface area (Å²) in [6, 6.07) is 7.69. The highest BCUT2D eigenvalue weighted by atomic mass is 15.3. The minimum atomic E-state index is 0.512. The summed E-state index contributed by atoms with van der Waals surface area (Å²) in [5.41, 5.74) is 4.74. The van der Waals surface area contributed by atoms with Crippen molar-refractivity contribution < 1.29 is 0 Å². The SMILES string of the molecule is Cc1cccc(-c2nc(-n3ncc4c(C)nccc43)c3[nH]cnc3n2)n1. The van der Waals surface area contributed by atoms with Crippen molar-refractivity contribution in [1.82, 2.24) is 39.7 Å². The number of aromatic amines is 1. The highest BCUT2D eigenvalue weighted by Gasteiger charge is 2.17. The molecule has 0 spiro atoms. The van der Waals surface area contributed by atoms with E-state index in [2.05, 4.69) is 30.0 Å². The van der Waals surface area contributed by atoms with Gasteiger partial charge in [0.1, 0.15) is 11.2 Å². The molecule has 126 valence electrons. The third kappa shape index (κ3) is 2.16. The number of hydrogen-bond donors (Lipinski definition) is 1. The first-order valence-corrected chi connectivity index (χ1v) is 8.15. The molecule has 26 heavy (non-hydrogen) atoms. The zero-order valence-corrected chi connectivity index (χ0v) is 14.2. The topological polar surface area (TPSA) is 98.1 Å². The average Bonchev–Trinajstić information content (AvgIpc) is 3.28. The van der Waals surface area contributed by atoms with E-state index in [1.807, 2.05) is 38.1 Å². The Bertz CT molecular complexity index is 1270. The smallest absolute Gasteiger partial charge is 0.183 e. The predicted octanol–water partition coefficient (Wildman–Crippen LogP) is 2.77. The fraction of sp³-hybridized carbons (Fsp3) is 0.111. The zero-order valence-electron chi connectivity index (χ0n) is 14.2. The molecule has 0 aromatic carbocycles. The van der Waals surface area contributed by atoms with Gasteiger partial charge in [-0.1, -0.05) is 6.07 Å². The number of aromatic nitrogens is 8. The molecule has 0 bridgehead atoms. The molecule has 0 amide bonds. The van der Waals surface area contributed by atoms with Crippen LogP contribution >= 0.6 is 0 Å². The van der Waals surface area contributed by atoms with Crippen LogP contribution in [0.5, 0.6) is 0 Å². The highest BCUT2D eigenvalue weighted by Crippen LogP contribution is 2.24. The Morgan fingerprint density at radius 3 is 2.81 bits per heavy atom. The van der Waals surface area contributed by atoms with E-state index in [0.29, 0.717) is 23.0 Å². The standard InChI is InChI=1S/C18H14N8/c1-10-4-3-5-13(23-10)16-24-17-15(20-9-21-17)18(25-16)26-14-6-7-19-11(2)12(14)8-22-26/h3-9H,1-2H3,(H,20,21,24,25). The van der Waals surface area contributed by atoms with Gasteiger partial charge in [-0.15, -0.1) is 0 Å². The van der Waals surface area contributed by atoms with E-state index >= 15 is 0 Å². The van der Waals surface area contributed by atoms with Gasteiger partial charge in [0.2, 0.25) is 0 Å². The average molecular weight is 342 g/mol. The van der Waals surface area contributed by atoms with Crippen molar-refractivity contribution >= 4 is 22.1 Å². The van der Waals surface area contributed by atoms with Crippen molar-refractivity contribution in [3.63, 3.8) is 0 Å². The van der Waals surface area contributed by atoms with Crippen LogP contribution in [0, 0.1) is 13.8 Å². The number of aryl methyl sites for hydroxylation is 2. The Kier molecular flexibility index (Phi) is 3.05. The summed E-state index contributed by atoms with van der Waals surface area (Å²) in [5.74, 6) is 1.14. The van der Waals surface area contributed by atoms with Crippen LogP contribution in [0.1, 0.15) is 11.4 Å². The maximum Gasteiger partial charge on any atom is 0.183 e. The molecule has 0 aliphatic carbocycles. The molecule has 5 heterocycles. The molecule has 0 fully saturated rings. The Morgan fingerprint density at radius 2 is 1.92 bits per heavy atom. The molecular formula is C18H14N8. The Labute approximate surface area is 148 Å². The van der Waals surface area contributed by atoms with Crippen LogP contribution in [-0.4, -0.2) is 39.7 Å². The van der Waals surface area contributed by atoms with E-state index < -0.39 is 0 Å². The van der Waals surface area contributed by atoms with Crippen LogP contribution in [-0.2, 0) is 0 Å². The molecule has 5 aromatic heterocycles. The van der Waals surface area contributed by atoms with Gasteiger partial charge in [-0.25, -0.2) is 24.6 Å². The van der Waals surface area contributed by atoms with E-state index in [1.54, 1.807) is 23.4 Å². The number of fused-ring (bicyclic) bond motifs is 2. The lowest BCUT2D eigenvalue weighted by Crippen LogP contribution is -2.04. The molecule has 0 atom stereocenters. The zero-order chi connectivity index (χ0) is 17.7. The Hall–Kier alpha value is -3.68. The van der Waals surface area contributed by atoms with Crippen molar-refractivity contribution in [3.05, 3.63) is 54.4 Å². The summed E-state index contributed by atoms with van der Waals surface area (Å²) in [6.07, 6.45) is 5.17. The third-order valence-electron chi connectivity index (χ3n) is 4.28. The van der Waals surface area contributed by atoms with Gasteiger partial charge < -0.3 is 4.98 Å². The van der Waals surface area contributed by atoms with Gasteiger partial charge in [-0.2, -0.15) is 5.10 Å². The van der Waals surface area contributed by atoms with Crippen molar-refractivity contribution in [2.75, 3.05) is 0 Å². The van der Waals surface area contributed by atoms with Crippen LogP contribution in [0.2, 0.25) is 0 Å². The first-order valence-electron chi connectivity index (χ1n) is 8.15. The summed E-state index contributed by atoms with van der Waals surface area (Å²) >= 11 is 0. The molecule has 0 aliphatic rings. The van der Waals surface area contributed by atoms with E-state index in [-0.39, 0.29) is 0 Å². The molecule has 0 saturated carbocycles. The predicted molar refractivity (Wildman–Crippen MR) is 96.8 cm³/mol. The molecule has 0 saturated heterocycles. The monoisotopic (exact) mass is 342 g/mol. The van der Waals surface area contributed by atoms with Gasteiger partial charge in [0.15, 0.2) is 17.3 Å². The Balaban J connectivity index is 1.82.